The van der Waals surface area contributed by atoms with Crippen LogP contribution in [0.15, 0.2) is 59.9 Å². The maximum atomic E-state index is 14.2. The van der Waals surface area contributed by atoms with Gasteiger partial charge in [0.2, 0.25) is 0 Å². The zero-order valence-electron chi connectivity index (χ0n) is 18.3. The summed E-state index contributed by atoms with van der Waals surface area (Å²) in [6.45, 7) is 0. The Morgan fingerprint density at radius 2 is 1.94 bits per heavy atom. The van der Waals surface area contributed by atoms with E-state index in [0.717, 1.165) is 19.0 Å². The van der Waals surface area contributed by atoms with Crippen LogP contribution >= 0.6 is 11.6 Å². The van der Waals surface area contributed by atoms with Gasteiger partial charge in [0, 0.05) is 34.6 Å². The molecule has 36 heavy (non-hydrogen) atoms. The lowest BCUT2D eigenvalue weighted by atomic mass is 10.1. The molecule has 4 aromatic heterocycles. The lowest BCUT2D eigenvalue weighted by Gasteiger charge is -2.14. The van der Waals surface area contributed by atoms with Crippen molar-refractivity contribution in [3.8, 4) is 5.69 Å². The van der Waals surface area contributed by atoms with Crippen molar-refractivity contribution in [1.82, 2.24) is 24.3 Å². The molecule has 2 N–H and O–H groups in total. The number of amides is 1. The highest BCUT2D eigenvalue weighted by Gasteiger charge is 2.41. The third kappa shape index (κ3) is 3.63. The predicted molar refractivity (Wildman–Crippen MR) is 128 cm³/mol. The molecule has 0 saturated heterocycles. The van der Waals surface area contributed by atoms with E-state index >= 15 is 0 Å². The number of carbonyl (C=O) groups is 1. The molecule has 0 aliphatic heterocycles. The number of aromatic amines is 1. The number of nitrogens with one attached hydrogen (secondary N) is 2. The first kappa shape index (κ1) is 22.4. The molecule has 5 aromatic rings. The maximum Gasteiger partial charge on any atom is 0.434 e. The van der Waals surface area contributed by atoms with Crippen molar-refractivity contribution in [1.29, 1.82) is 0 Å². The maximum absolute atomic E-state index is 14.2. The summed E-state index contributed by atoms with van der Waals surface area (Å²) < 4.78 is 45.2. The van der Waals surface area contributed by atoms with Crippen molar-refractivity contribution in [3.05, 3.63) is 81.8 Å². The van der Waals surface area contributed by atoms with Gasteiger partial charge in [0.05, 0.1) is 34.4 Å². The molecule has 4 heterocycles. The quantitative estimate of drug-likeness (QED) is 0.340. The van der Waals surface area contributed by atoms with Crippen LogP contribution in [0.4, 0.5) is 18.9 Å². The molecule has 6 rings (SSSR count). The summed E-state index contributed by atoms with van der Waals surface area (Å²) in [4.78, 5) is 32.0. The summed E-state index contributed by atoms with van der Waals surface area (Å²) in [7, 11) is 0. The van der Waals surface area contributed by atoms with Crippen LogP contribution in [-0.2, 0) is 6.18 Å². The average Bonchev–Trinajstić information content (AvgIpc) is 3.49. The minimum atomic E-state index is -4.92. The van der Waals surface area contributed by atoms with Gasteiger partial charge >= 0.3 is 6.18 Å². The number of alkyl halides is 3. The largest absolute Gasteiger partial charge is 0.434 e. The standard InChI is InChI=1S/C24H16ClF3N6O2/c25-18-11-33(13-4-5-13)21-16(18)8-12(9-30-21)32-23(36)17-10-31-34(20(17)24(26,27)28)19-3-1-2-15-14(19)6-7-29-22(15)35/h1-3,6-11,13H,4-5H2,(H,29,35)(H,32,36). The number of H-pyrrole nitrogens is 1. The molecular weight excluding hydrogens is 497 g/mol. The van der Waals surface area contributed by atoms with Crippen LogP contribution in [-0.4, -0.2) is 30.2 Å². The van der Waals surface area contributed by atoms with Crippen molar-refractivity contribution < 1.29 is 18.0 Å². The fourth-order valence-electron chi connectivity index (χ4n) is 4.35. The van der Waals surface area contributed by atoms with E-state index in [2.05, 4.69) is 20.4 Å². The molecule has 0 radical (unpaired) electrons. The van der Waals surface area contributed by atoms with E-state index in [0.29, 0.717) is 26.8 Å². The van der Waals surface area contributed by atoms with Crippen molar-refractivity contribution in [2.24, 2.45) is 0 Å². The topological polar surface area (TPSA) is 97.6 Å². The van der Waals surface area contributed by atoms with Crippen LogP contribution in [0, 0.1) is 0 Å². The highest BCUT2D eigenvalue weighted by molar-refractivity contribution is 6.35. The van der Waals surface area contributed by atoms with Crippen molar-refractivity contribution in [2.45, 2.75) is 25.1 Å². The van der Waals surface area contributed by atoms with Crippen LogP contribution in [0.1, 0.15) is 34.9 Å². The average molecular weight is 513 g/mol. The number of hydrogen-bond donors (Lipinski definition) is 2. The van der Waals surface area contributed by atoms with Crippen molar-refractivity contribution in [2.75, 3.05) is 5.32 Å². The molecule has 1 aliphatic carbocycles. The van der Waals surface area contributed by atoms with Crippen molar-refractivity contribution in [3.63, 3.8) is 0 Å². The molecule has 8 nitrogen and oxygen atoms in total. The van der Waals surface area contributed by atoms with Gasteiger partial charge in [-0.05, 0) is 37.1 Å². The fraction of sp³-hybridized carbons (Fsp3) is 0.167. The Kier molecular flexibility index (Phi) is 4.94. The van der Waals surface area contributed by atoms with E-state index in [1.165, 1.54) is 36.7 Å². The van der Waals surface area contributed by atoms with Gasteiger partial charge in [-0.3, -0.25) is 9.59 Å². The number of nitrogens with zero attached hydrogens (tertiary/aromatic N) is 4. The minimum absolute atomic E-state index is 0.0151. The van der Waals surface area contributed by atoms with Crippen LogP contribution in [0.3, 0.4) is 0 Å². The van der Waals surface area contributed by atoms with E-state index in [9.17, 15) is 22.8 Å². The normalized spacial score (nSPS) is 14.0. The van der Waals surface area contributed by atoms with Crippen LogP contribution in [0.25, 0.3) is 27.5 Å². The molecule has 182 valence electrons. The molecule has 1 amide bonds. The third-order valence-electron chi connectivity index (χ3n) is 6.12. The molecule has 0 bridgehead atoms. The van der Waals surface area contributed by atoms with Crippen molar-refractivity contribution >= 4 is 45.0 Å². The SMILES string of the molecule is O=C(Nc1cnc2c(c1)c(Cl)cn2C1CC1)c1cnn(-c2cccc3c(=O)[nH]ccc23)c1C(F)(F)F. The highest BCUT2D eigenvalue weighted by Crippen LogP contribution is 2.40. The Morgan fingerprint density at radius 3 is 2.69 bits per heavy atom. The Bertz CT molecular complexity index is 1730. The summed E-state index contributed by atoms with van der Waals surface area (Å²) >= 11 is 6.33. The first-order valence-corrected chi connectivity index (χ1v) is 11.3. The van der Waals surface area contributed by atoms with E-state index in [1.807, 2.05) is 4.57 Å². The number of fused-ring (bicyclic) bond motifs is 2. The number of rotatable bonds is 4. The number of anilines is 1. The number of pyridine rings is 2. The first-order valence-electron chi connectivity index (χ1n) is 11.0. The summed E-state index contributed by atoms with van der Waals surface area (Å²) in [6.07, 6.45) is 2.47. The van der Waals surface area contributed by atoms with Gasteiger partial charge < -0.3 is 14.9 Å². The molecule has 0 unspecified atom stereocenters. The van der Waals surface area contributed by atoms with E-state index < -0.39 is 28.9 Å². The second-order valence-corrected chi connectivity index (χ2v) is 8.93. The summed E-state index contributed by atoms with van der Waals surface area (Å²) in [6, 6.07) is 7.73. The monoisotopic (exact) mass is 512 g/mol. The van der Waals surface area contributed by atoms with Gasteiger partial charge in [0.15, 0.2) is 5.69 Å². The fourth-order valence-corrected chi connectivity index (χ4v) is 4.59. The van der Waals surface area contributed by atoms with Gasteiger partial charge in [-0.15, -0.1) is 0 Å². The molecular formula is C24H16ClF3N6O2. The van der Waals surface area contributed by atoms with Gasteiger partial charge in [-0.2, -0.15) is 18.3 Å². The van der Waals surface area contributed by atoms with E-state index in [-0.39, 0.29) is 22.1 Å². The molecule has 0 spiro atoms. The van der Waals surface area contributed by atoms with Crippen LogP contribution in [0.5, 0.6) is 0 Å². The second-order valence-electron chi connectivity index (χ2n) is 8.53. The Labute approximate surface area is 205 Å². The number of halogens is 4. The highest BCUT2D eigenvalue weighted by atomic mass is 35.5. The zero-order valence-corrected chi connectivity index (χ0v) is 19.1. The van der Waals surface area contributed by atoms with E-state index in [1.54, 1.807) is 12.3 Å². The lowest BCUT2D eigenvalue weighted by Crippen LogP contribution is -2.21. The zero-order chi connectivity index (χ0) is 25.2. The van der Waals surface area contributed by atoms with Crippen LogP contribution in [0.2, 0.25) is 5.02 Å². The molecule has 12 heteroatoms. The van der Waals surface area contributed by atoms with Gasteiger partial charge in [0.1, 0.15) is 5.65 Å². The smallest absolute Gasteiger partial charge is 0.329 e. The van der Waals surface area contributed by atoms with Gasteiger partial charge in [-0.25, -0.2) is 9.67 Å². The Morgan fingerprint density at radius 1 is 1.14 bits per heavy atom. The van der Waals surface area contributed by atoms with Gasteiger partial charge in [-0.1, -0.05) is 17.7 Å². The van der Waals surface area contributed by atoms with Gasteiger partial charge in [0.25, 0.3) is 11.5 Å². The number of carbonyl (C=O) groups excluding carboxylic acids is 1. The summed E-state index contributed by atoms with van der Waals surface area (Å²) in [5, 5.41) is 7.83. The molecule has 1 aromatic carbocycles. The van der Waals surface area contributed by atoms with E-state index in [4.69, 9.17) is 11.6 Å². The Hall–Kier alpha value is -4.12. The summed E-state index contributed by atoms with van der Waals surface area (Å²) in [5.74, 6) is -1.01. The second kappa shape index (κ2) is 7.95. The number of hydrogen-bond acceptors (Lipinski definition) is 4. The Balaban J connectivity index is 1.41. The third-order valence-corrected chi connectivity index (χ3v) is 6.42. The lowest BCUT2D eigenvalue weighted by molar-refractivity contribution is -0.143. The molecule has 0 atom stereocenters. The molecule has 1 fully saturated rings. The number of aromatic nitrogens is 5. The number of benzene rings is 1. The molecule has 1 aliphatic rings. The first-order chi connectivity index (χ1) is 17.2. The predicted octanol–water partition coefficient (Wildman–Crippen LogP) is 5.32. The van der Waals surface area contributed by atoms with Crippen LogP contribution < -0.4 is 10.9 Å². The molecule has 1 saturated carbocycles. The minimum Gasteiger partial charge on any atom is -0.329 e. The summed E-state index contributed by atoms with van der Waals surface area (Å²) in [5.41, 5.74) is -1.53.